The molecule has 3 aliphatic rings. The first-order valence-electron chi connectivity index (χ1n) is 7.10. The van der Waals surface area contributed by atoms with Crippen LogP contribution in [0.2, 0.25) is 0 Å². The van der Waals surface area contributed by atoms with E-state index in [-0.39, 0.29) is 29.3 Å². The van der Waals surface area contributed by atoms with Gasteiger partial charge in [0.15, 0.2) is 0 Å². The van der Waals surface area contributed by atoms with E-state index in [1.54, 1.807) is 0 Å². The molecule has 1 aliphatic heterocycles. The molecule has 3 unspecified atom stereocenters. The van der Waals surface area contributed by atoms with E-state index >= 15 is 0 Å². The van der Waals surface area contributed by atoms with Gasteiger partial charge in [-0.3, -0.25) is 0 Å². The van der Waals surface area contributed by atoms with E-state index < -0.39 is 12.2 Å². The molecule has 7 atom stereocenters. The van der Waals surface area contributed by atoms with E-state index in [0.29, 0.717) is 24.3 Å². The summed E-state index contributed by atoms with van der Waals surface area (Å²) in [4.78, 5) is 11.7. The minimum absolute atomic E-state index is 0.00935. The predicted molar refractivity (Wildman–Crippen MR) is 69.1 cm³/mol. The average molecular weight is 266 g/mol. The van der Waals surface area contributed by atoms with E-state index in [1.165, 1.54) is 0 Å². The van der Waals surface area contributed by atoms with Gasteiger partial charge in [-0.15, -0.1) is 0 Å². The summed E-state index contributed by atoms with van der Waals surface area (Å²) in [5.74, 6) is 0.294. The second-order valence-corrected chi connectivity index (χ2v) is 6.85. The summed E-state index contributed by atoms with van der Waals surface area (Å²) in [6, 6.07) is 0. The monoisotopic (exact) mass is 266 g/mol. The molecule has 2 N–H and O–H groups in total. The molecule has 2 aliphatic carbocycles. The van der Waals surface area contributed by atoms with Crippen molar-refractivity contribution in [2.24, 2.45) is 23.2 Å². The van der Waals surface area contributed by atoms with Gasteiger partial charge in [0, 0.05) is 11.5 Å². The topological polar surface area (TPSA) is 66.8 Å². The van der Waals surface area contributed by atoms with Crippen LogP contribution in [0, 0.1) is 23.2 Å². The molecule has 106 valence electrons. The summed E-state index contributed by atoms with van der Waals surface area (Å²) in [7, 11) is 0. The highest BCUT2D eigenvalue weighted by Gasteiger charge is 2.58. The van der Waals surface area contributed by atoms with Crippen LogP contribution >= 0.6 is 0 Å². The molecule has 0 bridgehead atoms. The molecule has 3 rings (SSSR count). The minimum atomic E-state index is -0.720. The SMILES string of the molecule is C=C1C(=O)OC2C[C@H](C)C3C[C@H](O)[C@H](O)[C@@]3(C)CC12. The van der Waals surface area contributed by atoms with Crippen LogP contribution in [0.15, 0.2) is 12.2 Å². The van der Waals surface area contributed by atoms with Crippen LogP contribution in [0.25, 0.3) is 0 Å². The molecule has 1 saturated heterocycles. The van der Waals surface area contributed by atoms with Crippen LogP contribution in [-0.2, 0) is 9.53 Å². The van der Waals surface area contributed by atoms with Gasteiger partial charge in [-0.05, 0) is 36.5 Å². The van der Waals surface area contributed by atoms with E-state index in [9.17, 15) is 15.0 Å². The number of hydrogen-bond donors (Lipinski definition) is 2. The maximum Gasteiger partial charge on any atom is 0.334 e. The van der Waals surface area contributed by atoms with Crippen LogP contribution in [0.4, 0.5) is 0 Å². The van der Waals surface area contributed by atoms with E-state index in [4.69, 9.17) is 4.74 Å². The van der Waals surface area contributed by atoms with Gasteiger partial charge < -0.3 is 14.9 Å². The number of aliphatic hydroxyl groups is 2. The summed E-state index contributed by atoms with van der Waals surface area (Å²) < 4.78 is 5.42. The van der Waals surface area contributed by atoms with Crippen LogP contribution in [0.5, 0.6) is 0 Å². The molecule has 0 aromatic heterocycles. The Hall–Kier alpha value is -0.870. The number of rotatable bonds is 0. The molecule has 3 fully saturated rings. The van der Waals surface area contributed by atoms with E-state index in [2.05, 4.69) is 13.5 Å². The molecule has 4 nitrogen and oxygen atoms in total. The Labute approximate surface area is 113 Å². The van der Waals surface area contributed by atoms with Gasteiger partial charge in [0.2, 0.25) is 0 Å². The van der Waals surface area contributed by atoms with Crippen molar-refractivity contribution in [3.05, 3.63) is 12.2 Å². The lowest BCUT2D eigenvalue weighted by molar-refractivity contribution is -0.139. The third-order valence-corrected chi connectivity index (χ3v) is 5.75. The molecule has 0 radical (unpaired) electrons. The molecular weight excluding hydrogens is 244 g/mol. The Balaban J connectivity index is 1.97. The second-order valence-electron chi connectivity index (χ2n) is 6.85. The number of aliphatic hydroxyl groups excluding tert-OH is 2. The summed E-state index contributed by atoms with van der Waals surface area (Å²) in [6.45, 7) is 8.02. The molecule has 0 aromatic rings. The van der Waals surface area contributed by atoms with Crippen LogP contribution < -0.4 is 0 Å². The fourth-order valence-electron chi connectivity index (χ4n) is 4.61. The molecule has 19 heavy (non-hydrogen) atoms. The van der Waals surface area contributed by atoms with Crippen molar-refractivity contribution < 1.29 is 19.7 Å². The Morgan fingerprint density at radius 3 is 2.74 bits per heavy atom. The number of hydrogen-bond acceptors (Lipinski definition) is 4. The van der Waals surface area contributed by atoms with E-state index in [0.717, 1.165) is 6.42 Å². The first-order valence-corrected chi connectivity index (χ1v) is 7.10. The Kier molecular flexibility index (Phi) is 2.81. The van der Waals surface area contributed by atoms with Gasteiger partial charge >= 0.3 is 5.97 Å². The van der Waals surface area contributed by atoms with Crippen molar-refractivity contribution in [1.82, 2.24) is 0 Å². The number of esters is 1. The molecule has 0 amide bonds. The molecular formula is C15H22O4. The van der Waals surface area contributed by atoms with Gasteiger partial charge in [0.25, 0.3) is 0 Å². The lowest BCUT2D eigenvalue weighted by atomic mass is 9.69. The summed E-state index contributed by atoms with van der Waals surface area (Å²) in [5.41, 5.74) is 0.183. The number of ether oxygens (including phenoxy) is 1. The predicted octanol–water partition coefficient (Wildman–Crippen LogP) is 1.26. The maximum atomic E-state index is 11.7. The zero-order chi connectivity index (χ0) is 13.9. The third kappa shape index (κ3) is 1.69. The highest BCUT2D eigenvalue weighted by atomic mass is 16.6. The highest BCUT2D eigenvalue weighted by molar-refractivity contribution is 5.90. The van der Waals surface area contributed by atoms with Gasteiger partial charge in [-0.1, -0.05) is 20.4 Å². The molecule has 2 saturated carbocycles. The zero-order valence-electron chi connectivity index (χ0n) is 11.5. The number of carbonyl (C=O) groups is 1. The Morgan fingerprint density at radius 1 is 1.37 bits per heavy atom. The average Bonchev–Trinajstić information content (AvgIpc) is 2.68. The van der Waals surface area contributed by atoms with Gasteiger partial charge in [0.1, 0.15) is 6.10 Å². The summed E-state index contributed by atoms with van der Waals surface area (Å²) in [6.07, 6.45) is 0.646. The summed E-state index contributed by atoms with van der Waals surface area (Å²) in [5, 5.41) is 20.4. The molecule has 1 heterocycles. The third-order valence-electron chi connectivity index (χ3n) is 5.75. The van der Waals surface area contributed by atoms with Crippen molar-refractivity contribution in [1.29, 1.82) is 0 Å². The summed E-state index contributed by atoms with van der Waals surface area (Å²) >= 11 is 0. The fraction of sp³-hybridized carbons (Fsp3) is 0.800. The van der Waals surface area contributed by atoms with E-state index in [1.807, 2.05) is 6.92 Å². The smallest absolute Gasteiger partial charge is 0.334 e. The normalized spacial score (nSPS) is 53.5. The van der Waals surface area contributed by atoms with Gasteiger partial charge in [-0.2, -0.15) is 0 Å². The lowest BCUT2D eigenvalue weighted by Crippen LogP contribution is -2.38. The van der Waals surface area contributed by atoms with Crippen molar-refractivity contribution in [3.8, 4) is 0 Å². The lowest BCUT2D eigenvalue weighted by Gasteiger charge is -2.36. The van der Waals surface area contributed by atoms with Crippen LogP contribution in [-0.4, -0.2) is 34.5 Å². The maximum absolute atomic E-state index is 11.7. The second kappa shape index (κ2) is 4.06. The molecule has 0 spiro atoms. The van der Waals surface area contributed by atoms with Gasteiger partial charge in [0.05, 0.1) is 12.2 Å². The van der Waals surface area contributed by atoms with Crippen LogP contribution in [0.1, 0.15) is 33.1 Å². The Morgan fingerprint density at radius 2 is 2.05 bits per heavy atom. The van der Waals surface area contributed by atoms with Gasteiger partial charge in [-0.25, -0.2) is 4.79 Å². The number of fused-ring (bicyclic) bond motifs is 2. The van der Waals surface area contributed by atoms with Crippen molar-refractivity contribution in [2.45, 2.75) is 51.4 Å². The number of carbonyl (C=O) groups excluding carboxylic acids is 1. The first kappa shape index (κ1) is 13.1. The largest absolute Gasteiger partial charge is 0.458 e. The standard InChI is InChI=1S/C15H22O4/c1-7-4-12-9(8(2)14(18)19-12)6-15(3)10(7)5-11(16)13(15)17/h7,9-13,16-17H,2,4-6H2,1,3H3/t7-,9?,10?,11-,12?,13-,15-/m0/s1. The van der Waals surface area contributed by atoms with Crippen molar-refractivity contribution in [2.75, 3.05) is 0 Å². The minimum Gasteiger partial charge on any atom is -0.458 e. The van der Waals surface area contributed by atoms with Crippen molar-refractivity contribution in [3.63, 3.8) is 0 Å². The van der Waals surface area contributed by atoms with Crippen molar-refractivity contribution >= 4 is 5.97 Å². The first-order chi connectivity index (χ1) is 8.84. The molecule has 4 heteroatoms. The quantitative estimate of drug-likeness (QED) is 0.512. The Bertz CT molecular complexity index is 432. The zero-order valence-corrected chi connectivity index (χ0v) is 11.5. The molecule has 0 aromatic carbocycles. The highest BCUT2D eigenvalue weighted by Crippen LogP contribution is 2.56. The van der Waals surface area contributed by atoms with Crippen LogP contribution in [0.3, 0.4) is 0 Å². The fourth-order valence-corrected chi connectivity index (χ4v) is 4.61.